The van der Waals surface area contributed by atoms with Crippen LogP contribution in [0.25, 0.3) is 0 Å². The molecule has 1 aliphatic heterocycles. The number of carbonyl (C=O) groups is 1. The van der Waals surface area contributed by atoms with Crippen molar-refractivity contribution in [3.63, 3.8) is 0 Å². The van der Waals surface area contributed by atoms with Gasteiger partial charge in [0.05, 0.1) is 6.42 Å². The van der Waals surface area contributed by atoms with Gasteiger partial charge in [-0.15, -0.1) is 5.73 Å². The molecule has 1 saturated heterocycles. The van der Waals surface area contributed by atoms with Crippen molar-refractivity contribution in [2.75, 3.05) is 13.1 Å². The standard InChI is InChI=1S/C9H13NO/c1-2-3-6-9(11)10-7-4-5-8-10/h3H,1,4-8H2. The summed E-state index contributed by atoms with van der Waals surface area (Å²) in [7, 11) is 0. The molecule has 0 bridgehead atoms. The first-order valence-corrected chi connectivity index (χ1v) is 3.96. The first kappa shape index (κ1) is 8.09. The van der Waals surface area contributed by atoms with Crippen LogP contribution >= 0.6 is 0 Å². The predicted molar refractivity (Wildman–Crippen MR) is 44.1 cm³/mol. The van der Waals surface area contributed by atoms with Gasteiger partial charge >= 0.3 is 0 Å². The van der Waals surface area contributed by atoms with Gasteiger partial charge in [-0.1, -0.05) is 6.58 Å². The topological polar surface area (TPSA) is 20.3 Å². The third kappa shape index (κ3) is 2.24. The van der Waals surface area contributed by atoms with Gasteiger partial charge in [-0.05, 0) is 18.9 Å². The lowest BCUT2D eigenvalue weighted by Crippen LogP contribution is -2.26. The molecular weight excluding hydrogens is 138 g/mol. The van der Waals surface area contributed by atoms with Crippen LogP contribution in [0.4, 0.5) is 0 Å². The summed E-state index contributed by atoms with van der Waals surface area (Å²) in [5.41, 5.74) is 2.60. The second-order valence-electron chi connectivity index (χ2n) is 2.70. The van der Waals surface area contributed by atoms with Gasteiger partial charge in [0.15, 0.2) is 0 Å². The summed E-state index contributed by atoms with van der Waals surface area (Å²) in [6.07, 6.45) is 4.46. The van der Waals surface area contributed by atoms with Crippen molar-refractivity contribution < 1.29 is 4.79 Å². The van der Waals surface area contributed by atoms with E-state index in [-0.39, 0.29) is 5.91 Å². The van der Waals surface area contributed by atoms with Gasteiger partial charge in [0.25, 0.3) is 0 Å². The van der Waals surface area contributed by atoms with Gasteiger partial charge in [0, 0.05) is 13.1 Å². The number of carbonyl (C=O) groups excluding carboxylic acids is 1. The minimum absolute atomic E-state index is 0.207. The molecule has 0 unspecified atom stereocenters. The highest BCUT2D eigenvalue weighted by Crippen LogP contribution is 2.08. The van der Waals surface area contributed by atoms with E-state index >= 15 is 0 Å². The minimum Gasteiger partial charge on any atom is -0.342 e. The Morgan fingerprint density at radius 1 is 1.55 bits per heavy atom. The lowest BCUT2D eigenvalue weighted by molar-refractivity contribution is -0.129. The summed E-state index contributed by atoms with van der Waals surface area (Å²) in [5.74, 6) is 0.207. The summed E-state index contributed by atoms with van der Waals surface area (Å²) in [4.78, 5) is 13.1. The molecule has 1 heterocycles. The van der Waals surface area contributed by atoms with Gasteiger partial charge in [-0.3, -0.25) is 4.79 Å². The van der Waals surface area contributed by atoms with Crippen LogP contribution in [0.5, 0.6) is 0 Å². The van der Waals surface area contributed by atoms with Crippen LogP contribution < -0.4 is 0 Å². The third-order valence-corrected chi connectivity index (χ3v) is 1.88. The van der Waals surface area contributed by atoms with E-state index in [9.17, 15) is 4.79 Å². The fourth-order valence-electron chi connectivity index (χ4n) is 1.26. The predicted octanol–water partition coefficient (Wildman–Crippen LogP) is 1.34. The summed E-state index contributed by atoms with van der Waals surface area (Å²) in [6, 6.07) is 0. The molecule has 0 atom stereocenters. The molecule has 2 nitrogen and oxygen atoms in total. The molecule has 0 N–H and O–H groups in total. The SMILES string of the molecule is C=C=CCC(=O)N1CCCC1. The summed E-state index contributed by atoms with van der Waals surface area (Å²) in [5, 5.41) is 0. The first-order chi connectivity index (χ1) is 5.34. The lowest BCUT2D eigenvalue weighted by atomic mass is 10.3. The van der Waals surface area contributed by atoms with Crippen LogP contribution in [0, 0.1) is 0 Å². The average molecular weight is 151 g/mol. The zero-order chi connectivity index (χ0) is 8.10. The third-order valence-electron chi connectivity index (χ3n) is 1.88. The normalized spacial score (nSPS) is 16.2. The maximum absolute atomic E-state index is 11.2. The number of rotatable bonds is 2. The maximum atomic E-state index is 11.2. The number of hydrogen-bond acceptors (Lipinski definition) is 1. The van der Waals surface area contributed by atoms with Crippen molar-refractivity contribution >= 4 is 5.91 Å². The van der Waals surface area contributed by atoms with E-state index in [1.165, 1.54) is 0 Å². The van der Waals surface area contributed by atoms with Crippen molar-refractivity contribution in [1.29, 1.82) is 0 Å². The van der Waals surface area contributed by atoms with E-state index in [0.717, 1.165) is 25.9 Å². The Kier molecular flexibility index (Phi) is 2.94. The molecule has 2 heteroatoms. The van der Waals surface area contributed by atoms with Crippen molar-refractivity contribution in [3.8, 4) is 0 Å². The number of amides is 1. The van der Waals surface area contributed by atoms with Crippen molar-refractivity contribution in [1.82, 2.24) is 4.90 Å². The fraction of sp³-hybridized carbons (Fsp3) is 0.556. The molecule has 0 saturated carbocycles. The Morgan fingerprint density at radius 2 is 2.18 bits per heavy atom. The molecule has 1 fully saturated rings. The molecule has 0 aromatic rings. The van der Waals surface area contributed by atoms with Gasteiger partial charge in [-0.2, -0.15) is 0 Å². The second kappa shape index (κ2) is 3.99. The molecule has 0 aromatic carbocycles. The Morgan fingerprint density at radius 3 is 2.73 bits per heavy atom. The van der Waals surface area contributed by atoms with Gasteiger partial charge in [0.1, 0.15) is 0 Å². The van der Waals surface area contributed by atoms with Gasteiger partial charge in [-0.25, -0.2) is 0 Å². The molecule has 60 valence electrons. The van der Waals surface area contributed by atoms with Gasteiger partial charge < -0.3 is 4.90 Å². The Hall–Kier alpha value is -1.01. The molecule has 1 aliphatic rings. The fourth-order valence-corrected chi connectivity index (χ4v) is 1.26. The Balaban J connectivity index is 2.34. The van der Waals surface area contributed by atoms with Crippen LogP contribution in [0.1, 0.15) is 19.3 Å². The molecule has 0 aliphatic carbocycles. The monoisotopic (exact) mass is 151 g/mol. The number of hydrogen-bond donors (Lipinski definition) is 0. The van der Waals surface area contributed by atoms with Crippen molar-refractivity contribution in [2.45, 2.75) is 19.3 Å². The van der Waals surface area contributed by atoms with E-state index in [1.54, 1.807) is 6.08 Å². The highest BCUT2D eigenvalue weighted by atomic mass is 16.2. The highest BCUT2D eigenvalue weighted by Gasteiger charge is 2.15. The lowest BCUT2D eigenvalue weighted by Gasteiger charge is -2.12. The zero-order valence-corrected chi connectivity index (χ0v) is 6.68. The molecule has 11 heavy (non-hydrogen) atoms. The number of likely N-dealkylation sites (tertiary alicyclic amines) is 1. The van der Waals surface area contributed by atoms with E-state index < -0.39 is 0 Å². The van der Waals surface area contributed by atoms with Crippen LogP contribution in [0.15, 0.2) is 18.4 Å². The molecule has 1 amide bonds. The van der Waals surface area contributed by atoms with Crippen LogP contribution in [-0.4, -0.2) is 23.9 Å². The molecule has 0 spiro atoms. The second-order valence-corrected chi connectivity index (χ2v) is 2.70. The summed E-state index contributed by atoms with van der Waals surface area (Å²) < 4.78 is 0. The molecular formula is C9H13NO. The average Bonchev–Trinajstić information content (AvgIpc) is 2.52. The summed E-state index contributed by atoms with van der Waals surface area (Å²) >= 11 is 0. The van der Waals surface area contributed by atoms with E-state index in [2.05, 4.69) is 12.3 Å². The van der Waals surface area contributed by atoms with Gasteiger partial charge in [0.2, 0.25) is 5.91 Å². The molecule has 0 aromatic heterocycles. The number of nitrogens with zero attached hydrogens (tertiary/aromatic N) is 1. The summed E-state index contributed by atoms with van der Waals surface area (Å²) in [6.45, 7) is 5.28. The quantitative estimate of drug-likeness (QED) is 0.545. The van der Waals surface area contributed by atoms with E-state index in [1.807, 2.05) is 4.90 Å². The van der Waals surface area contributed by atoms with Crippen molar-refractivity contribution in [3.05, 3.63) is 18.4 Å². The zero-order valence-electron chi connectivity index (χ0n) is 6.68. The van der Waals surface area contributed by atoms with Crippen LogP contribution in [0.2, 0.25) is 0 Å². The Bertz CT molecular complexity index is 186. The van der Waals surface area contributed by atoms with Crippen LogP contribution in [-0.2, 0) is 4.79 Å². The molecule has 1 rings (SSSR count). The minimum atomic E-state index is 0.207. The largest absolute Gasteiger partial charge is 0.342 e. The first-order valence-electron chi connectivity index (χ1n) is 3.96. The smallest absolute Gasteiger partial charge is 0.227 e. The Labute approximate surface area is 67.2 Å². The van der Waals surface area contributed by atoms with E-state index in [4.69, 9.17) is 0 Å². The van der Waals surface area contributed by atoms with E-state index in [0.29, 0.717) is 6.42 Å². The van der Waals surface area contributed by atoms with Crippen molar-refractivity contribution in [2.24, 2.45) is 0 Å². The van der Waals surface area contributed by atoms with Crippen LogP contribution in [0.3, 0.4) is 0 Å². The highest BCUT2D eigenvalue weighted by molar-refractivity contribution is 5.77. The maximum Gasteiger partial charge on any atom is 0.227 e. The molecule has 0 radical (unpaired) electrons.